The van der Waals surface area contributed by atoms with Crippen molar-refractivity contribution >= 4 is 55.5 Å². The topological polar surface area (TPSA) is 55.2 Å². The number of amides is 1. The highest BCUT2D eigenvalue weighted by Crippen LogP contribution is 2.30. The minimum absolute atomic E-state index is 0.0218. The first-order chi connectivity index (χ1) is 12.0. The second kappa shape index (κ2) is 7.68. The summed E-state index contributed by atoms with van der Waals surface area (Å²) in [6.45, 7) is 4.96. The lowest BCUT2D eigenvalue weighted by atomic mass is 10.2. The fraction of sp³-hybridized carbons (Fsp3) is 0.353. The van der Waals surface area contributed by atoms with Crippen LogP contribution in [0.5, 0.6) is 0 Å². The van der Waals surface area contributed by atoms with Gasteiger partial charge >= 0.3 is 4.87 Å². The van der Waals surface area contributed by atoms with Crippen molar-refractivity contribution in [3.8, 4) is 0 Å². The molecule has 0 bridgehead atoms. The first kappa shape index (κ1) is 18.1. The van der Waals surface area contributed by atoms with Crippen LogP contribution in [0, 0.1) is 6.92 Å². The van der Waals surface area contributed by atoms with Gasteiger partial charge in [0, 0.05) is 35.6 Å². The number of thiazole rings is 2. The Hall–Kier alpha value is -1.70. The maximum atomic E-state index is 12.6. The Morgan fingerprint density at radius 1 is 1.40 bits per heavy atom. The number of aryl methyl sites for hydroxylation is 1. The summed E-state index contributed by atoms with van der Waals surface area (Å²) in [5.74, 6) is 0.0218. The molecule has 0 saturated carbocycles. The third kappa shape index (κ3) is 3.94. The fourth-order valence-corrected chi connectivity index (χ4v) is 4.57. The third-order valence-corrected chi connectivity index (χ3v) is 6.11. The van der Waals surface area contributed by atoms with Gasteiger partial charge in [-0.15, -0.1) is 0 Å². The molecule has 8 heteroatoms. The molecule has 1 aromatic carbocycles. The summed E-state index contributed by atoms with van der Waals surface area (Å²) in [6.07, 6.45) is 1.01. The number of aromatic nitrogens is 2. The fourth-order valence-electron chi connectivity index (χ4n) is 2.62. The monoisotopic (exact) mass is 395 g/mol. The molecule has 25 heavy (non-hydrogen) atoms. The number of benzene rings is 1. The number of rotatable bonds is 6. The quantitative estimate of drug-likeness (QED) is 0.624. The first-order valence-corrected chi connectivity index (χ1v) is 10.1. The van der Waals surface area contributed by atoms with Gasteiger partial charge in [0.05, 0.1) is 10.2 Å². The van der Waals surface area contributed by atoms with Gasteiger partial charge in [-0.05, 0) is 38.5 Å². The maximum absolute atomic E-state index is 12.6. The van der Waals surface area contributed by atoms with Crippen LogP contribution in [0.15, 0.2) is 28.4 Å². The van der Waals surface area contributed by atoms with Crippen LogP contribution in [0.25, 0.3) is 10.2 Å². The molecule has 0 spiro atoms. The smallest absolute Gasteiger partial charge is 0.303 e. The van der Waals surface area contributed by atoms with Gasteiger partial charge in [-0.2, -0.15) is 0 Å². The van der Waals surface area contributed by atoms with E-state index in [1.807, 2.05) is 31.4 Å². The normalized spacial score (nSPS) is 11.2. The summed E-state index contributed by atoms with van der Waals surface area (Å²) in [4.78, 5) is 30.6. The molecule has 0 aliphatic heterocycles. The van der Waals surface area contributed by atoms with Gasteiger partial charge in [0.15, 0.2) is 5.13 Å². The molecule has 0 saturated heterocycles. The molecule has 0 aliphatic carbocycles. The summed E-state index contributed by atoms with van der Waals surface area (Å²) in [7, 11) is 0. The Morgan fingerprint density at radius 3 is 2.88 bits per heavy atom. The van der Waals surface area contributed by atoms with Crippen LogP contribution >= 0.6 is 34.3 Å². The molecule has 1 amide bonds. The molecular formula is C17H18ClN3O2S2. The molecule has 3 aromatic rings. The molecule has 2 heterocycles. The van der Waals surface area contributed by atoms with Crippen LogP contribution in [-0.4, -0.2) is 22.0 Å². The molecule has 0 radical (unpaired) electrons. The van der Waals surface area contributed by atoms with E-state index in [1.54, 1.807) is 15.5 Å². The Balaban J connectivity index is 1.69. The van der Waals surface area contributed by atoms with Crippen molar-refractivity contribution in [2.75, 3.05) is 11.4 Å². The number of halogens is 1. The molecule has 2 aromatic heterocycles. The number of anilines is 1. The number of carbonyl (C=O) groups excluding carboxylic acids is 1. The van der Waals surface area contributed by atoms with E-state index in [1.165, 1.54) is 22.7 Å². The summed E-state index contributed by atoms with van der Waals surface area (Å²) < 4.78 is 2.72. The van der Waals surface area contributed by atoms with Crippen molar-refractivity contribution in [2.24, 2.45) is 0 Å². The highest BCUT2D eigenvalue weighted by Gasteiger charge is 2.18. The van der Waals surface area contributed by atoms with Crippen molar-refractivity contribution in [1.29, 1.82) is 0 Å². The van der Waals surface area contributed by atoms with E-state index < -0.39 is 0 Å². The maximum Gasteiger partial charge on any atom is 0.307 e. The summed E-state index contributed by atoms with van der Waals surface area (Å²) in [5, 5.41) is 3.17. The van der Waals surface area contributed by atoms with Crippen molar-refractivity contribution < 1.29 is 4.79 Å². The van der Waals surface area contributed by atoms with Gasteiger partial charge in [-0.1, -0.05) is 34.3 Å². The van der Waals surface area contributed by atoms with E-state index >= 15 is 0 Å². The number of hydrogen-bond acceptors (Lipinski definition) is 5. The third-order valence-electron chi connectivity index (χ3n) is 3.94. The van der Waals surface area contributed by atoms with Crippen molar-refractivity contribution in [1.82, 2.24) is 9.55 Å². The van der Waals surface area contributed by atoms with Crippen molar-refractivity contribution in [3.05, 3.63) is 44.0 Å². The van der Waals surface area contributed by atoms with Crippen LogP contribution in [0.2, 0.25) is 5.02 Å². The number of fused-ring (bicyclic) bond motifs is 1. The highest BCUT2D eigenvalue weighted by atomic mass is 35.5. The average Bonchev–Trinajstić information content (AvgIpc) is 3.12. The summed E-state index contributed by atoms with van der Waals surface area (Å²) in [5.41, 5.74) is 1.75. The SMILES string of the molecule is CCN(C(=O)CCCn1c(C)csc1=O)c1nc2cc(Cl)ccc2s1. The summed E-state index contributed by atoms with van der Waals surface area (Å²) >= 11 is 8.68. The molecule has 0 atom stereocenters. The second-order valence-corrected chi connectivity index (χ2v) is 7.91. The molecule has 132 valence electrons. The number of carbonyl (C=O) groups is 1. The zero-order valence-electron chi connectivity index (χ0n) is 14.0. The minimum atomic E-state index is 0.0218. The van der Waals surface area contributed by atoms with E-state index in [0.29, 0.717) is 36.1 Å². The van der Waals surface area contributed by atoms with E-state index in [-0.39, 0.29) is 10.8 Å². The first-order valence-electron chi connectivity index (χ1n) is 8.01. The van der Waals surface area contributed by atoms with Crippen molar-refractivity contribution in [3.63, 3.8) is 0 Å². The molecule has 3 rings (SSSR count). The van der Waals surface area contributed by atoms with Gasteiger partial charge < -0.3 is 4.57 Å². The predicted molar refractivity (Wildman–Crippen MR) is 105 cm³/mol. The van der Waals surface area contributed by atoms with Crippen LogP contribution in [0.3, 0.4) is 0 Å². The highest BCUT2D eigenvalue weighted by molar-refractivity contribution is 7.22. The molecule has 5 nitrogen and oxygen atoms in total. The predicted octanol–water partition coefficient (Wildman–Crippen LogP) is 4.31. The summed E-state index contributed by atoms with van der Waals surface area (Å²) in [6, 6.07) is 5.55. The Morgan fingerprint density at radius 2 is 2.20 bits per heavy atom. The lowest BCUT2D eigenvalue weighted by Crippen LogP contribution is -2.30. The lowest BCUT2D eigenvalue weighted by molar-refractivity contribution is -0.118. The molecule has 0 unspecified atom stereocenters. The molecule has 0 aliphatic rings. The van der Waals surface area contributed by atoms with E-state index in [2.05, 4.69) is 4.98 Å². The molecule has 0 fully saturated rings. The van der Waals surface area contributed by atoms with Crippen LogP contribution in [0.4, 0.5) is 5.13 Å². The Kier molecular flexibility index (Phi) is 5.56. The Bertz CT molecular complexity index is 960. The largest absolute Gasteiger partial charge is 0.307 e. The van der Waals surface area contributed by atoms with Crippen LogP contribution < -0.4 is 9.77 Å². The zero-order valence-corrected chi connectivity index (χ0v) is 16.4. The van der Waals surface area contributed by atoms with Gasteiger partial charge in [0.2, 0.25) is 5.91 Å². The van der Waals surface area contributed by atoms with E-state index in [0.717, 1.165) is 15.9 Å². The van der Waals surface area contributed by atoms with Crippen LogP contribution in [0.1, 0.15) is 25.5 Å². The zero-order chi connectivity index (χ0) is 18.0. The molecule has 0 N–H and O–H groups in total. The van der Waals surface area contributed by atoms with Crippen molar-refractivity contribution in [2.45, 2.75) is 33.2 Å². The Labute approximate surface area is 158 Å². The standard InChI is InChI=1S/C17H18ClN3O2S2/c1-3-20(16-19-13-9-12(18)6-7-14(13)25-16)15(22)5-4-8-21-11(2)10-24-17(21)23/h6-7,9-10H,3-5,8H2,1-2H3. The lowest BCUT2D eigenvalue weighted by Gasteiger charge is -2.17. The van der Waals surface area contributed by atoms with E-state index in [9.17, 15) is 9.59 Å². The second-order valence-electron chi connectivity index (χ2n) is 5.64. The van der Waals surface area contributed by atoms with Gasteiger partial charge in [0.25, 0.3) is 0 Å². The number of hydrogen-bond donors (Lipinski definition) is 0. The molecular weight excluding hydrogens is 378 g/mol. The average molecular weight is 396 g/mol. The van der Waals surface area contributed by atoms with E-state index in [4.69, 9.17) is 11.6 Å². The number of nitrogens with zero attached hydrogens (tertiary/aromatic N) is 3. The minimum Gasteiger partial charge on any atom is -0.303 e. The van der Waals surface area contributed by atoms with Crippen LogP contribution in [-0.2, 0) is 11.3 Å². The van der Waals surface area contributed by atoms with Gasteiger partial charge in [-0.25, -0.2) is 4.98 Å². The van der Waals surface area contributed by atoms with Gasteiger partial charge in [0.1, 0.15) is 0 Å². The van der Waals surface area contributed by atoms with Gasteiger partial charge in [-0.3, -0.25) is 14.5 Å².